The number of aliphatic hydroxyl groups is 1. The van der Waals surface area contributed by atoms with E-state index in [1.165, 1.54) is 23.9 Å². The molecule has 0 saturated carbocycles. The first-order valence-corrected chi connectivity index (χ1v) is 9.67. The maximum atomic E-state index is 12.7. The number of nitrogens with zero attached hydrogens (tertiary/aromatic N) is 2. The highest BCUT2D eigenvalue weighted by atomic mass is 79.9. The fourth-order valence-electron chi connectivity index (χ4n) is 2.91. The third-order valence-electron chi connectivity index (χ3n) is 4.18. The number of rotatable bonds is 3. The Balaban J connectivity index is 2.07. The maximum Gasteiger partial charge on any atom is 0.419 e. The molecule has 8 heteroatoms. The van der Waals surface area contributed by atoms with E-state index in [-0.39, 0.29) is 5.56 Å². The highest BCUT2D eigenvalue weighted by Gasteiger charge is 2.25. The Morgan fingerprint density at radius 3 is 2.52 bits per heavy atom. The third kappa shape index (κ3) is 4.33. The van der Waals surface area contributed by atoms with Crippen molar-refractivity contribution >= 4 is 38.9 Å². The standard InChI is InChI=1S/C21H21BrN2O5/c1-21(2,3)29-20(27)24-11-13(17-14(22)6-5-7-16(17)24)18(25)15-9-8-12(10-23-15)19(26)28-4/h5-11,18,25H,1-4H3. The van der Waals surface area contributed by atoms with E-state index in [2.05, 4.69) is 25.7 Å². The van der Waals surface area contributed by atoms with E-state index in [1.807, 2.05) is 6.07 Å². The quantitative estimate of drug-likeness (QED) is 0.580. The number of aliphatic hydroxyl groups excluding tert-OH is 1. The Morgan fingerprint density at radius 2 is 1.93 bits per heavy atom. The van der Waals surface area contributed by atoms with Crippen LogP contribution < -0.4 is 0 Å². The molecule has 0 saturated heterocycles. The minimum atomic E-state index is -1.12. The number of methoxy groups -OCH3 is 1. The van der Waals surface area contributed by atoms with Gasteiger partial charge in [-0.05, 0) is 45.0 Å². The molecule has 3 rings (SSSR count). The van der Waals surface area contributed by atoms with Crippen LogP contribution in [0, 0.1) is 0 Å². The number of carbonyl (C=O) groups excluding carboxylic acids is 2. The van der Waals surface area contributed by atoms with E-state index >= 15 is 0 Å². The minimum absolute atomic E-state index is 0.279. The molecule has 0 aliphatic carbocycles. The third-order valence-corrected chi connectivity index (χ3v) is 4.84. The zero-order chi connectivity index (χ0) is 21.3. The van der Waals surface area contributed by atoms with Crippen molar-refractivity contribution in [2.24, 2.45) is 0 Å². The molecule has 0 spiro atoms. The topological polar surface area (TPSA) is 90.7 Å². The molecule has 29 heavy (non-hydrogen) atoms. The van der Waals surface area contributed by atoms with Gasteiger partial charge in [-0.1, -0.05) is 22.0 Å². The number of hydrogen-bond donors (Lipinski definition) is 1. The van der Waals surface area contributed by atoms with Crippen molar-refractivity contribution in [3.63, 3.8) is 0 Å². The summed E-state index contributed by atoms with van der Waals surface area (Å²) in [5.41, 5.74) is 1.02. The molecule has 1 atom stereocenters. The second kappa shape index (κ2) is 7.96. The first kappa shape index (κ1) is 21.0. The van der Waals surface area contributed by atoms with Gasteiger partial charge in [0.15, 0.2) is 0 Å². The van der Waals surface area contributed by atoms with Crippen LogP contribution in [-0.4, -0.2) is 39.4 Å². The maximum absolute atomic E-state index is 12.7. The Hall–Kier alpha value is -2.71. The minimum Gasteiger partial charge on any atom is -0.465 e. The van der Waals surface area contributed by atoms with Crippen LogP contribution in [0.3, 0.4) is 0 Å². The first-order valence-electron chi connectivity index (χ1n) is 8.87. The number of ether oxygens (including phenoxy) is 2. The highest BCUT2D eigenvalue weighted by molar-refractivity contribution is 9.10. The van der Waals surface area contributed by atoms with E-state index in [9.17, 15) is 14.7 Å². The average molecular weight is 461 g/mol. The number of carbonyl (C=O) groups is 2. The van der Waals surface area contributed by atoms with E-state index in [1.54, 1.807) is 45.2 Å². The van der Waals surface area contributed by atoms with Crippen LogP contribution in [0.25, 0.3) is 10.9 Å². The van der Waals surface area contributed by atoms with Gasteiger partial charge in [-0.15, -0.1) is 0 Å². The van der Waals surface area contributed by atoms with Crippen molar-refractivity contribution in [3.8, 4) is 0 Å². The number of fused-ring (bicyclic) bond motifs is 1. The van der Waals surface area contributed by atoms with Crippen LogP contribution in [0.1, 0.15) is 48.5 Å². The lowest BCUT2D eigenvalue weighted by Crippen LogP contribution is -2.26. The van der Waals surface area contributed by atoms with E-state index < -0.39 is 23.8 Å². The Kier molecular flexibility index (Phi) is 5.77. The summed E-state index contributed by atoms with van der Waals surface area (Å²) in [6.45, 7) is 5.36. The van der Waals surface area contributed by atoms with Gasteiger partial charge in [0.25, 0.3) is 0 Å². The highest BCUT2D eigenvalue weighted by Crippen LogP contribution is 2.35. The van der Waals surface area contributed by atoms with Crippen molar-refractivity contribution in [1.29, 1.82) is 0 Å². The number of benzene rings is 1. The first-order chi connectivity index (χ1) is 13.6. The van der Waals surface area contributed by atoms with Gasteiger partial charge in [-0.2, -0.15) is 0 Å². The van der Waals surface area contributed by atoms with Gasteiger partial charge in [0.2, 0.25) is 0 Å². The van der Waals surface area contributed by atoms with E-state index in [4.69, 9.17) is 4.74 Å². The summed E-state index contributed by atoms with van der Waals surface area (Å²) in [6.07, 6.45) is 1.22. The van der Waals surface area contributed by atoms with Crippen molar-refractivity contribution in [2.45, 2.75) is 32.5 Å². The van der Waals surface area contributed by atoms with Gasteiger partial charge in [-0.3, -0.25) is 9.55 Å². The van der Waals surface area contributed by atoms with E-state index in [0.717, 1.165) is 4.47 Å². The molecule has 0 bridgehead atoms. The fourth-order valence-corrected chi connectivity index (χ4v) is 3.49. The molecular formula is C21H21BrN2O5. The molecule has 0 fully saturated rings. The monoisotopic (exact) mass is 460 g/mol. The lowest BCUT2D eigenvalue weighted by atomic mass is 10.0. The van der Waals surface area contributed by atoms with Gasteiger partial charge in [0.05, 0.1) is 23.9 Å². The second-order valence-electron chi connectivity index (χ2n) is 7.43. The Bertz CT molecular complexity index is 1070. The molecule has 152 valence electrons. The van der Waals surface area contributed by atoms with Crippen molar-refractivity contribution < 1.29 is 24.2 Å². The summed E-state index contributed by atoms with van der Waals surface area (Å²) in [5.74, 6) is -0.511. The predicted molar refractivity (Wildman–Crippen MR) is 111 cm³/mol. The molecule has 0 aliphatic rings. The van der Waals surface area contributed by atoms with E-state index in [0.29, 0.717) is 22.2 Å². The van der Waals surface area contributed by atoms with Crippen LogP contribution >= 0.6 is 15.9 Å². The summed E-state index contributed by atoms with van der Waals surface area (Å²) in [7, 11) is 1.29. The number of halogens is 1. The normalized spacial score (nSPS) is 12.6. The lowest BCUT2D eigenvalue weighted by molar-refractivity contribution is 0.0542. The number of esters is 1. The average Bonchev–Trinajstić information content (AvgIpc) is 3.07. The van der Waals surface area contributed by atoms with Gasteiger partial charge in [0, 0.05) is 27.8 Å². The summed E-state index contributed by atoms with van der Waals surface area (Å²) in [5, 5.41) is 11.6. The molecular weight excluding hydrogens is 440 g/mol. The summed E-state index contributed by atoms with van der Waals surface area (Å²) in [4.78, 5) is 28.5. The van der Waals surface area contributed by atoms with Gasteiger partial charge >= 0.3 is 12.1 Å². The number of pyridine rings is 1. The zero-order valence-electron chi connectivity index (χ0n) is 16.5. The van der Waals surface area contributed by atoms with Crippen LogP contribution in [0.2, 0.25) is 0 Å². The molecule has 1 unspecified atom stereocenters. The van der Waals surface area contributed by atoms with Crippen molar-refractivity contribution in [1.82, 2.24) is 9.55 Å². The van der Waals surface area contributed by atoms with Gasteiger partial charge in [0.1, 0.15) is 11.7 Å². The molecule has 0 radical (unpaired) electrons. The van der Waals surface area contributed by atoms with Crippen LogP contribution in [0.5, 0.6) is 0 Å². The summed E-state index contributed by atoms with van der Waals surface area (Å²) in [6, 6.07) is 8.47. The molecule has 3 aromatic rings. The number of hydrogen-bond acceptors (Lipinski definition) is 6. The molecule has 2 aromatic heterocycles. The molecule has 0 amide bonds. The van der Waals surface area contributed by atoms with Gasteiger partial charge in [-0.25, -0.2) is 9.59 Å². The molecule has 1 aromatic carbocycles. The Labute approximate surface area is 176 Å². The van der Waals surface area contributed by atoms with Crippen LogP contribution in [-0.2, 0) is 9.47 Å². The molecule has 7 nitrogen and oxygen atoms in total. The van der Waals surface area contributed by atoms with Crippen LogP contribution in [0.15, 0.2) is 47.2 Å². The molecule has 1 N–H and O–H groups in total. The van der Waals surface area contributed by atoms with Crippen molar-refractivity contribution in [2.75, 3.05) is 7.11 Å². The molecule has 2 heterocycles. The number of aromatic nitrogens is 2. The smallest absolute Gasteiger partial charge is 0.419 e. The second-order valence-corrected chi connectivity index (χ2v) is 8.29. The lowest BCUT2D eigenvalue weighted by Gasteiger charge is -2.19. The summed E-state index contributed by atoms with van der Waals surface area (Å²) < 4.78 is 12.2. The SMILES string of the molecule is COC(=O)c1ccc(C(O)c2cn(C(=O)OC(C)(C)C)c3cccc(Br)c23)nc1. The zero-order valence-corrected chi connectivity index (χ0v) is 18.1. The van der Waals surface area contributed by atoms with Crippen molar-refractivity contribution in [3.05, 3.63) is 64.0 Å². The largest absolute Gasteiger partial charge is 0.465 e. The fraction of sp³-hybridized carbons (Fsp3) is 0.286. The predicted octanol–water partition coefficient (Wildman–Crippen LogP) is 4.45. The summed E-state index contributed by atoms with van der Waals surface area (Å²) >= 11 is 3.49. The Morgan fingerprint density at radius 1 is 1.21 bits per heavy atom. The van der Waals surface area contributed by atoms with Gasteiger partial charge < -0.3 is 14.6 Å². The van der Waals surface area contributed by atoms with Crippen LogP contribution in [0.4, 0.5) is 4.79 Å². The molecule has 0 aliphatic heterocycles.